The van der Waals surface area contributed by atoms with Crippen LogP contribution in [0.4, 0.5) is 0 Å². The zero-order valence-electron chi connectivity index (χ0n) is 11.1. The van der Waals surface area contributed by atoms with E-state index >= 15 is 0 Å². The van der Waals surface area contributed by atoms with Crippen LogP contribution in [0.5, 0.6) is 5.75 Å². The van der Waals surface area contributed by atoms with E-state index in [4.69, 9.17) is 9.84 Å². The number of likely N-dealkylation sites (tertiary alicyclic amines) is 1. The number of carbonyl (C=O) groups is 2. The molecule has 1 atom stereocenters. The first-order valence-electron chi connectivity index (χ1n) is 6.47. The fourth-order valence-corrected chi connectivity index (χ4v) is 2.55. The summed E-state index contributed by atoms with van der Waals surface area (Å²) < 4.78 is 6.27. The first-order valence-corrected chi connectivity index (χ1v) is 7.26. The number of aromatic carboxylic acids is 1. The molecule has 1 saturated heterocycles. The van der Waals surface area contributed by atoms with Gasteiger partial charge in [0, 0.05) is 17.6 Å². The molecule has 5 nitrogen and oxygen atoms in total. The highest BCUT2D eigenvalue weighted by atomic mass is 79.9. The van der Waals surface area contributed by atoms with Crippen LogP contribution in [-0.2, 0) is 4.79 Å². The summed E-state index contributed by atoms with van der Waals surface area (Å²) in [5.41, 5.74) is 0.0503. The number of nitrogens with zero attached hydrogens (tertiary/aromatic N) is 1. The van der Waals surface area contributed by atoms with E-state index in [1.54, 1.807) is 24.0 Å². The van der Waals surface area contributed by atoms with Gasteiger partial charge in [0.1, 0.15) is 11.3 Å². The van der Waals surface area contributed by atoms with E-state index < -0.39 is 12.1 Å². The van der Waals surface area contributed by atoms with E-state index in [1.807, 2.05) is 0 Å². The number of benzene rings is 1. The molecule has 108 valence electrons. The zero-order chi connectivity index (χ0) is 14.7. The van der Waals surface area contributed by atoms with Crippen molar-refractivity contribution in [1.29, 1.82) is 0 Å². The van der Waals surface area contributed by atoms with Crippen molar-refractivity contribution in [2.45, 2.75) is 25.9 Å². The third-order valence-electron chi connectivity index (χ3n) is 3.24. The second-order valence-corrected chi connectivity index (χ2v) is 5.65. The summed E-state index contributed by atoms with van der Waals surface area (Å²) >= 11 is 3.27. The summed E-state index contributed by atoms with van der Waals surface area (Å²) in [6, 6.07) is 4.65. The van der Waals surface area contributed by atoms with Crippen LogP contribution < -0.4 is 4.74 Å². The summed E-state index contributed by atoms with van der Waals surface area (Å²) in [4.78, 5) is 25.1. The van der Waals surface area contributed by atoms with Crippen LogP contribution in [0.25, 0.3) is 0 Å². The monoisotopic (exact) mass is 341 g/mol. The lowest BCUT2D eigenvalue weighted by Crippen LogP contribution is -2.38. The number of hydrogen-bond donors (Lipinski definition) is 1. The number of carboxylic acids is 1. The van der Waals surface area contributed by atoms with E-state index in [9.17, 15) is 9.59 Å². The van der Waals surface area contributed by atoms with Crippen LogP contribution in [0.15, 0.2) is 22.7 Å². The maximum atomic E-state index is 12.2. The molecule has 1 N–H and O–H groups in total. The number of rotatable bonds is 4. The predicted molar refractivity (Wildman–Crippen MR) is 77.0 cm³/mol. The van der Waals surface area contributed by atoms with Gasteiger partial charge >= 0.3 is 5.97 Å². The van der Waals surface area contributed by atoms with Gasteiger partial charge in [-0.15, -0.1) is 0 Å². The molecule has 0 aliphatic carbocycles. The molecule has 2 rings (SSSR count). The minimum absolute atomic E-state index is 0.0503. The van der Waals surface area contributed by atoms with Gasteiger partial charge in [-0.25, -0.2) is 4.79 Å². The maximum absolute atomic E-state index is 12.2. The minimum atomic E-state index is -1.08. The second kappa shape index (κ2) is 6.26. The van der Waals surface area contributed by atoms with Crippen LogP contribution >= 0.6 is 15.9 Å². The normalized spacial score (nSPS) is 16.0. The topological polar surface area (TPSA) is 66.8 Å². The van der Waals surface area contributed by atoms with Gasteiger partial charge in [0.2, 0.25) is 0 Å². The Hall–Kier alpha value is -1.56. The van der Waals surface area contributed by atoms with Crippen molar-refractivity contribution in [2.24, 2.45) is 0 Å². The van der Waals surface area contributed by atoms with Crippen molar-refractivity contribution >= 4 is 27.8 Å². The Morgan fingerprint density at radius 1 is 1.35 bits per heavy atom. The molecule has 1 aromatic carbocycles. The molecule has 20 heavy (non-hydrogen) atoms. The minimum Gasteiger partial charge on any atom is -0.480 e. The smallest absolute Gasteiger partial charge is 0.339 e. The highest BCUT2D eigenvalue weighted by molar-refractivity contribution is 9.10. The Bertz CT molecular complexity index is 526. The lowest BCUT2D eigenvalue weighted by Gasteiger charge is -2.21. The molecule has 1 aliphatic heterocycles. The van der Waals surface area contributed by atoms with Crippen molar-refractivity contribution in [3.8, 4) is 5.75 Å². The van der Waals surface area contributed by atoms with Crippen molar-refractivity contribution in [3.63, 3.8) is 0 Å². The number of halogens is 1. The SMILES string of the molecule is CC(Oc1cc(Br)ccc1C(=O)O)C(=O)N1CCCC1. The summed E-state index contributed by atoms with van der Waals surface area (Å²) in [5, 5.41) is 9.13. The van der Waals surface area contributed by atoms with Gasteiger partial charge in [0.05, 0.1) is 0 Å². The van der Waals surface area contributed by atoms with Crippen LogP contribution in [0.2, 0.25) is 0 Å². The fourth-order valence-electron chi connectivity index (χ4n) is 2.21. The largest absolute Gasteiger partial charge is 0.480 e. The molecule has 1 fully saturated rings. The first-order chi connectivity index (χ1) is 9.49. The second-order valence-electron chi connectivity index (χ2n) is 4.74. The number of carbonyl (C=O) groups excluding carboxylic acids is 1. The van der Waals surface area contributed by atoms with E-state index in [0.29, 0.717) is 4.47 Å². The third-order valence-corrected chi connectivity index (χ3v) is 3.74. The van der Waals surface area contributed by atoms with E-state index in [-0.39, 0.29) is 17.2 Å². The van der Waals surface area contributed by atoms with Gasteiger partial charge in [0.15, 0.2) is 6.10 Å². The van der Waals surface area contributed by atoms with Crippen LogP contribution in [-0.4, -0.2) is 41.1 Å². The molecular formula is C14H16BrNO4. The van der Waals surface area contributed by atoms with Crippen molar-refractivity contribution in [3.05, 3.63) is 28.2 Å². The highest BCUT2D eigenvalue weighted by Gasteiger charge is 2.25. The van der Waals surface area contributed by atoms with Crippen molar-refractivity contribution < 1.29 is 19.4 Å². The average molecular weight is 342 g/mol. The molecular weight excluding hydrogens is 326 g/mol. The molecule has 1 aromatic rings. The van der Waals surface area contributed by atoms with Gasteiger partial charge in [-0.1, -0.05) is 15.9 Å². The van der Waals surface area contributed by atoms with Crippen molar-refractivity contribution in [1.82, 2.24) is 4.90 Å². The van der Waals surface area contributed by atoms with E-state index in [0.717, 1.165) is 25.9 Å². The molecule has 0 saturated carbocycles. The average Bonchev–Trinajstić information content (AvgIpc) is 2.91. The highest BCUT2D eigenvalue weighted by Crippen LogP contribution is 2.25. The van der Waals surface area contributed by atoms with Gasteiger partial charge in [0.25, 0.3) is 5.91 Å². The Morgan fingerprint density at radius 3 is 2.60 bits per heavy atom. The number of hydrogen-bond acceptors (Lipinski definition) is 3. The number of carboxylic acid groups (broad SMARTS) is 1. The molecule has 0 aromatic heterocycles. The predicted octanol–water partition coefficient (Wildman–Crippen LogP) is 2.54. The van der Waals surface area contributed by atoms with E-state index in [2.05, 4.69) is 15.9 Å². The van der Waals surface area contributed by atoms with Gasteiger partial charge in [-0.05, 0) is 38.0 Å². The molecule has 1 heterocycles. The summed E-state index contributed by atoms with van der Waals surface area (Å²) in [5.74, 6) is -0.973. The van der Waals surface area contributed by atoms with Gasteiger partial charge in [-0.3, -0.25) is 4.79 Å². The van der Waals surface area contributed by atoms with Crippen molar-refractivity contribution in [2.75, 3.05) is 13.1 Å². The lowest BCUT2D eigenvalue weighted by molar-refractivity contribution is -0.136. The van der Waals surface area contributed by atoms with E-state index in [1.165, 1.54) is 6.07 Å². The molecule has 0 spiro atoms. The Labute approximate surface area is 125 Å². The maximum Gasteiger partial charge on any atom is 0.339 e. The quantitative estimate of drug-likeness (QED) is 0.913. The van der Waals surface area contributed by atoms with Gasteiger partial charge < -0.3 is 14.7 Å². The van der Waals surface area contributed by atoms with Crippen LogP contribution in [0.3, 0.4) is 0 Å². The summed E-state index contributed by atoms with van der Waals surface area (Å²) in [7, 11) is 0. The first kappa shape index (κ1) is 14.8. The molecule has 1 aliphatic rings. The van der Waals surface area contributed by atoms with Crippen LogP contribution in [0, 0.1) is 0 Å². The fraction of sp³-hybridized carbons (Fsp3) is 0.429. The molecule has 1 unspecified atom stereocenters. The lowest BCUT2D eigenvalue weighted by atomic mass is 10.2. The molecule has 0 bridgehead atoms. The number of amides is 1. The molecule has 0 radical (unpaired) electrons. The number of ether oxygens (including phenoxy) is 1. The summed E-state index contributed by atoms with van der Waals surface area (Å²) in [6.45, 7) is 3.14. The summed E-state index contributed by atoms with van der Waals surface area (Å²) in [6.07, 6.45) is 1.33. The standard InChI is InChI=1S/C14H16BrNO4/c1-9(13(17)16-6-2-3-7-16)20-12-8-10(15)4-5-11(12)14(18)19/h4-5,8-9H,2-3,6-7H2,1H3,(H,18,19). The Kier molecular flexibility index (Phi) is 4.65. The Balaban J connectivity index is 2.14. The Morgan fingerprint density at radius 2 is 2.00 bits per heavy atom. The van der Waals surface area contributed by atoms with Crippen LogP contribution in [0.1, 0.15) is 30.1 Å². The van der Waals surface area contributed by atoms with Gasteiger partial charge in [-0.2, -0.15) is 0 Å². The molecule has 6 heteroatoms. The third kappa shape index (κ3) is 3.30. The zero-order valence-corrected chi connectivity index (χ0v) is 12.7. The molecule has 1 amide bonds.